The van der Waals surface area contributed by atoms with Crippen molar-refractivity contribution in [3.63, 3.8) is 0 Å². The van der Waals surface area contributed by atoms with E-state index in [1.807, 2.05) is 13.8 Å². The highest BCUT2D eigenvalue weighted by Gasteiger charge is 2.16. The summed E-state index contributed by atoms with van der Waals surface area (Å²) in [5, 5.41) is 3.56. The van der Waals surface area contributed by atoms with Gasteiger partial charge in [0.2, 0.25) is 0 Å². The summed E-state index contributed by atoms with van der Waals surface area (Å²) in [6.07, 6.45) is 13.0. The van der Waals surface area contributed by atoms with Crippen LogP contribution in [0.4, 0.5) is 0 Å². The van der Waals surface area contributed by atoms with Gasteiger partial charge in [-0.05, 0) is 76.5 Å². The topological polar surface area (TPSA) is 15.3 Å². The summed E-state index contributed by atoms with van der Waals surface area (Å²) >= 11 is 0. The first-order valence-electron chi connectivity index (χ1n) is 13.1. The molecule has 0 fully saturated rings. The zero-order valence-corrected chi connectivity index (χ0v) is 22.2. The molecule has 31 heavy (non-hydrogen) atoms. The van der Waals surface area contributed by atoms with Gasteiger partial charge in [-0.15, -0.1) is 0 Å². The second-order valence-electron chi connectivity index (χ2n) is 9.09. The molecule has 0 radical (unpaired) electrons. The maximum absolute atomic E-state index is 4.39. The highest BCUT2D eigenvalue weighted by Crippen LogP contribution is 2.34. The van der Waals surface area contributed by atoms with Crippen LogP contribution in [0.5, 0.6) is 0 Å². The Kier molecular flexibility index (Phi) is 17.6. The van der Waals surface area contributed by atoms with E-state index in [1.54, 1.807) is 11.1 Å². The van der Waals surface area contributed by atoms with Crippen molar-refractivity contribution >= 4 is 0 Å². The summed E-state index contributed by atoms with van der Waals surface area (Å²) in [7, 11) is 0. The summed E-state index contributed by atoms with van der Waals surface area (Å²) < 4.78 is 0. The number of nitrogens with one attached hydrogen (secondary N) is 1. The molecule has 0 aromatic heterocycles. The van der Waals surface area contributed by atoms with Crippen molar-refractivity contribution in [3.8, 4) is 0 Å². The Morgan fingerprint density at radius 1 is 1.03 bits per heavy atom. The molecule has 0 atom stereocenters. The van der Waals surface area contributed by atoms with Gasteiger partial charge in [0.05, 0.1) is 0 Å². The van der Waals surface area contributed by atoms with Gasteiger partial charge >= 0.3 is 0 Å². The van der Waals surface area contributed by atoms with Crippen LogP contribution in [0.2, 0.25) is 0 Å². The van der Waals surface area contributed by atoms with Crippen LogP contribution in [0.15, 0.2) is 47.2 Å². The molecule has 0 unspecified atom stereocenters. The van der Waals surface area contributed by atoms with Crippen molar-refractivity contribution in [2.75, 3.05) is 26.2 Å². The fourth-order valence-electron chi connectivity index (χ4n) is 4.11. The van der Waals surface area contributed by atoms with Crippen LogP contribution in [0.1, 0.15) is 106 Å². The van der Waals surface area contributed by atoms with Crippen molar-refractivity contribution in [2.45, 2.75) is 106 Å². The quantitative estimate of drug-likeness (QED) is 0.247. The predicted octanol–water partition coefficient (Wildman–Crippen LogP) is 8.44. The third-order valence-corrected chi connectivity index (χ3v) is 6.09. The lowest BCUT2D eigenvalue weighted by Gasteiger charge is -2.24. The monoisotopic (exact) mass is 430 g/mol. The molecule has 0 aromatic carbocycles. The molecule has 0 bridgehead atoms. The van der Waals surface area contributed by atoms with E-state index in [-0.39, 0.29) is 0 Å². The Morgan fingerprint density at radius 3 is 2.19 bits per heavy atom. The van der Waals surface area contributed by atoms with Crippen LogP contribution in [0.25, 0.3) is 0 Å². The number of unbranched alkanes of at least 4 members (excludes halogenated alkanes) is 2. The lowest BCUT2D eigenvalue weighted by molar-refractivity contribution is 0.267. The first kappa shape index (κ1) is 29.7. The Balaban J connectivity index is 0.00000436. The minimum absolute atomic E-state index is 0.640. The van der Waals surface area contributed by atoms with E-state index in [0.29, 0.717) is 5.92 Å². The Labute approximate surface area is 196 Å². The average Bonchev–Trinajstić information content (AvgIpc) is 2.76. The third-order valence-electron chi connectivity index (χ3n) is 6.09. The van der Waals surface area contributed by atoms with Crippen LogP contribution in [0, 0.1) is 5.92 Å². The molecule has 0 amide bonds. The molecule has 1 aliphatic carbocycles. The summed E-state index contributed by atoms with van der Waals surface area (Å²) in [6, 6.07) is 0. The van der Waals surface area contributed by atoms with Gasteiger partial charge in [-0.1, -0.05) is 90.3 Å². The first-order valence-corrected chi connectivity index (χ1v) is 13.1. The molecule has 0 spiro atoms. The molecule has 1 rings (SSSR count). The number of allylic oxidation sites excluding steroid dienone is 6. The highest BCUT2D eigenvalue weighted by atomic mass is 15.1. The van der Waals surface area contributed by atoms with Gasteiger partial charge in [0, 0.05) is 18.8 Å². The molecular formula is C29H54N2. The molecule has 0 saturated heterocycles. The van der Waals surface area contributed by atoms with Crippen molar-refractivity contribution < 1.29 is 0 Å². The van der Waals surface area contributed by atoms with E-state index < -0.39 is 0 Å². The third kappa shape index (κ3) is 13.0. The van der Waals surface area contributed by atoms with Crippen LogP contribution in [-0.2, 0) is 0 Å². The standard InChI is InChI=1S/C27H48N2.C2H6/c1-8-10-18-29(19-11-9-2)20-17-28-25(7)16-15-23(5)21-27-24(6)13-12-14-26(27)22(3)4;1-2/h13,22,28H,5,7-12,14-21H2,1-4,6H3;1-2H3. The van der Waals surface area contributed by atoms with E-state index in [1.165, 1.54) is 62.8 Å². The first-order chi connectivity index (χ1) is 14.9. The molecular weight excluding hydrogens is 376 g/mol. The van der Waals surface area contributed by atoms with Gasteiger partial charge in [-0.2, -0.15) is 0 Å². The fourth-order valence-corrected chi connectivity index (χ4v) is 4.11. The van der Waals surface area contributed by atoms with Gasteiger partial charge < -0.3 is 10.2 Å². The van der Waals surface area contributed by atoms with Gasteiger partial charge in [0.15, 0.2) is 0 Å². The maximum atomic E-state index is 4.39. The van der Waals surface area contributed by atoms with Crippen LogP contribution >= 0.6 is 0 Å². The Hall–Kier alpha value is -1.28. The molecule has 0 heterocycles. The van der Waals surface area contributed by atoms with Crippen molar-refractivity contribution in [1.29, 1.82) is 0 Å². The van der Waals surface area contributed by atoms with Crippen LogP contribution < -0.4 is 5.32 Å². The number of nitrogens with zero attached hydrogens (tertiary/aromatic N) is 1. The Bertz CT molecular complexity index is 557. The second-order valence-corrected chi connectivity index (χ2v) is 9.09. The van der Waals surface area contributed by atoms with Gasteiger partial charge in [-0.3, -0.25) is 0 Å². The molecule has 1 N–H and O–H groups in total. The second kappa shape index (κ2) is 18.3. The lowest BCUT2D eigenvalue weighted by atomic mass is 9.82. The molecule has 2 heteroatoms. The highest BCUT2D eigenvalue weighted by molar-refractivity contribution is 5.40. The van der Waals surface area contributed by atoms with Crippen LogP contribution in [0.3, 0.4) is 0 Å². The number of rotatable bonds is 16. The predicted molar refractivity (Wildman–Crippen MR) is 143 cm³/mol. The van der Waals surface area contributed by atoms with Crippen molar-refractivity contribution in [3.05, 3.63) is 47.2 Å². The van der Waals surface area contributed by atoms with E-state index in [9.17, 15) is 0 Å². The van der Waals surface area contributed by atoms with Crippen LogP contribution in [-0.4, -0.2) is 31.1 Å². The smallest absolute Gasteiger partial charge is 0.0271 e. The summed E-state index contributed by atoms with van der Waals surface area (Å²) in [5.74, 6) is 0.640. The van der Waals surface area contributed by atoms with E-state index >= 15 is 0 Å². The van der Waals surface area contributed by atoms with Gasteiger partial charge in [-0.25, -0.2) is 0 Å². The SMILES string of the molecule is C=C(CCC(=C)NCCN(CCCC)CCCC)CC1=C(C(C)C)CCC=C1C.CC. The summed E-state index contributed by atoms with van der Waals surface area (Å²) in [6.45, 7) is 28.7. The molecule has 2 nitrogen and oxygen atoms in total. The summed E-state index contributed by atoms with van der Waals surface area (Å²) in [4.78, 5) is 2.60. The normalized spacial score (nSPS) is 13.8. The van der Waals surface area contributed by atoms with Crippen molar-refractivity contribution in [2.24, 2.45) is 5.92 Å². The zero-order valence-electron chi connectivity index (χ0n) is 22.2. The molecule has 180 valence electrons. The van der Waals surface area contributed by atoms with E-state index in [2.05, 4.69) is 64.1 Å². The van der Waals surface area contributed by atoms with Gasteiger partial charge in [0.25, 0.3) is 0 Å². The molecule has 0 aromatic rings. The lowest BCUT2D eigenvalue weighted by Crippen LogP contribution is -2.33. The maximum Gasteiger partial charge on any atom is 0.0271 e. The van der Waals surface area contributed by atoms with E-state index in [0.717, 1.165) is 38.0 Å². The minimum Gasteiger partial charge on any atom is -0.388 e. The van der Waals surface area contributed by atoms with E-state index in [4.69, 9.17) is 0 Å². The Morgan fingerprint density at radius 2 is 1.65 bits per heavy atom. The summed E-state index contributed by atoms with van der Waals surface area (Å²) in [5.41, 5.74) is 7.16. The molecule has 1 aliphatic rings. The average molecular weight is 431 g/mol. The minimum atomic E-state index is 0.640. The van der Waals surface area contributed by atoms with Crippen molar-refractivity contribution in [1.82, 2.24) is 10.2 Å². The zero-order chi connectivity index (χ0) is 23.6. The largest absolute Gasteiger partial charge is 0.388 e. The number of hydrogen-bond acceptors (Lipinski definition) is 2. The fraction of sp³-hybridized carbons (Fsp3) is 0.724. The van der Waals surface area contributed by atoms with Gasteiger partial charge in [0.1, 0.15) is 0 Å². The molecule has 0 saturated carbocycles. The molecule has 0 aliphatic heterocycles. The number of hydrogen-bond donors (Lipinski definition) is 1.